The summed E-state index contributed by atoms with van der Waals surface area (Å²) in [5.41, 5.74) is 1.29. The van der Waals surface area contributed by atoms with Crippen LogP contribution in [0, 0.1) is 5.82 Å². The van der Waals surface area contributed by atoms with E-state index in [2.05, 4.69) is 9.97 Å². The van der Waals surface area contributed by atoms with Gasteiger partial charge in [-0.1, -0.05) is 17.7 Å². The molecule has 1 unspecified atom stereocenters. The highest BCUT2D eigenvalue weighted by molar-refractivity contribution is 6.31. The maximum atomic E-state index is 12.8. The molecule has 2 rings (SSSR count). The fourth-order valence-corrected chi connectivity index (χ4v) is 1.74. The van der Waals surface area contributed by atoms with E-state index in [-0.39, 0.29) is 0 Å². The number of benzene rings is 1. The van der Waals surface area contributed by atoms with Crippen LogP contribution >= 0.6 is 11.6 Å². The van der Waals surface area contributed by atoms with E-state index in [1.807, 2.05) is 0 Å². The summed E-state index contributed by atoms with van der Waals surface area (Å²) in [6.07, 6.45) is 4.01. The lowest BCUT2D eigenvalue weighted by atomic mass is 10.0. The number of aliphatic hydroxyl groups excluding tert-OH is 1. The largest absolute Gasteiger partial charge is 0.388 e. The van der Waals surface area contributed by atoms with Crippen LogP contribution in [0.25, 0.3) is 0 Å². The van der Waals surface area contributed by atoms with E-state index in [4.69, 9.17) is 11.6 Å². The third-order valence-corrected chi connectivity index (χ3v) is 2.75. The van der Waals surface area contributed by atoms with E-state index >= 15 is 0 Å². The van der Waals surface area contributed by atoms with Gasteiger partial charge in [0, 0.05) is 29.4 Å². The Morgan fingerprint density at radius 1 is 1.29 bits per heavy atom. The second-order valence-corrected chi connectivity index (χ2v) is 4.03. The molecule has 0 saturated heterocycles. The second-order valence-electron chi connectivity index (χ2n) is 3.63. The molecule has 0 saturated carbocycles. The SMILES string of the molecule is OC(Cc1ccc(F)cc1Cl)c1cncnc1. The molecular weight excluding hydrogens is 243 g/mol. The number of hydrogen-bond donors (Lipinski definition) is 1. The molecule has 88 valence electrons. The molecule has 0 spiro atoms. The molecular formula is C12H10ClFN2O. The van der Waals surface area contributed by atoms with Crippen LogP contribution < -0.4 is 0 Å². The maximum absolute atomic E-state index is 12.8. The van der Waals surface area contributed by atoms with Gasteiger partial charge < -0.3 is 5.11 Å². The fourth-order valence-electron chi connectivity index (χ4n) is 1.50. The molecule has 1 N–H and O–H groups in total. The van der Waals surface area contributed by atoms with Crippen LogP contribution in [0.2, 0.25) is 5.02 Å². The molecule has 0 radical (unpaired) electrons. The van der Waals surface area contributed by atoms with E-state index in [0.717, 1.165) is 0 Å². The molecule has 2 aromatic rings. The number of nitrogens with zero attached hydrogens (tertiary/aromatic N) is 2. The molecule has 5 heteroatoms. The lowest BCUT2D eigenvalue weighted by Gasteiger charge is -2.11. The molecule has 0 aliphatic heterocycles. The van der Waals surface area contributed by atoms with Crippen LogP contribution in [0.1, 0.15) is 17.2 Å². The standard InChI is InChI=1S/C12H10ClFN2O/c13-11-4-10(14)2-1-8(11)3-12(17)9-5-15-7-16-6-9/h1-2,4-7,12,17H,3H2. The second kappa shape index (κ2) is 5.21. The first-order chi connectivity index (χ1) is 8.16. The van der Waals surface area contributed by atoms with Crippen molar-refractivity contribution in [2.75, 3.05) is 0 Å². The first kappa shape index (κ1) is 12.0. The van der Waals surface area contributed by atoms with Gasteiger partial charge in [0.25, 0.3) is 0 Å². The highest BCUT2D eigenvalue weighted by Crippen LogP contribution is 2.23. The average Bonchev–Trinajstić information content (AvgIpc) is 2.34. The third kappa shape index (κ3) is 2.99. The van der Waals surface area contributed by atoms with E-state index in [9.17, 15) is 9.50 Å². The summed E-state index contributed by atoms with van der Waals surface area (Å²) in [5, 5.41) is 10.2. The third-order valence-electron chi connectivity index (χ3n) is 2.39. The number of rotatable bonds is 3. The summed E-state index contributed by atoms with van der Waals surface area (Å²) >= 11 is 5.88. The summed E-state index contributed by atoms with van der Waals surface area (Å²) in [6.45, 7) is 0. The number of halogens is 2. The molecule has 1 aromatic carbocycles. The normalized spacial score (nSPS) is 12.4. The van der Waals surface area contributed by atoms with Gasteiger partial charge in [-0.3, -0.25) is 0 Å². The highest BCUT2D eigenvalue weighted by atomic mass is 35.5. The zero-order chi connectivity index (χ0) is 12.3. The molecule has 1 atom stereocenters. The van der Waals surface area contributed by atoms with Crippen LogP contribution in [0.3, 0.4) is 0 Å². The average molecular weight is 253 g/mol. The van der Waals surface area contributed by atoms with Gasteiger partial charge in [0.1, 0.15) is 12.1 Å². The predicted octanol–water partition coefficient (Wildman–Crippen LogP) is 2.55. The molecule has 0 aliphatic carbocycles. The minimum Gasteiger partial charge on any atom is -0.388 e. The predicted molar refractivity (Wildman–Crippen MR) is 62.1 cm³/mol. The van der Waals surface area contributed by atoms with Crippen molar-refractivity contribution in [3.05, 3.63) is 58.9 Å². The maximum Gasteiger partial charge on any atom is 0.124 e. The number of aromatic nitrogens is 2. The van der Waals surface area contributed by atoms with Crippen molar-refractivity contribution < 1.29 is 9.50 Å². The molecule has 0 bridgehead atoms. The Labute approximate surface area is 103 Å². The van der Waals surface area contributed by atoms with E-state index in [1.54, 1.807) is 6.07 Å². The van der Waals surface area contributed by atoms with Crippen molar-refractivity contribution in [1.82, 2.24) is 9.97 Å². The minimum atomic E-state index is -0.751. The molecule has 3 nitrogen and oxygen atoms in total. The van der Waals surface area contributed by atoms with Crippen LogP contribution in [-0.2, 0) is 6.42 Å². The Morgan fingerprint density at radius 2 is 2.00 bits per heavy atom. The first-order valence-corrected chi connectivity index (χ1v) is 5.41. The summed E-state index contributed by atoms with van der Waals surface area (Å²) in [4.78, 5) is 7.64. The van der Waals surface area contributed by atoms with E-state index < -0.39 is 11.9 Å². The monoisotopic (exact) mass is 252 g/mol. The number of hydrogen-bond acceptors (Lipinski definition) is 3. The van der Waals surface area contributed by atoms with Gasteiger partial charge in [-0.05, 0) is 17.7 Å². The van der Waals surface area contributed by atoms with Crippen LogP contribution in [0.5, 0.6) is 0 Å². The van der Waals surface area contributed by atoms with Gasteiger partial charge in [0.2, 0.25) is 0 Å². The molecule has 0 amide bonds. The van der Waals surface area contributed by atoms with Crippen LogP contribution in [0.15, 0.2) is 36.9 Å². The summed E-state index contributed by atoms with van der Waals surface area (Å²) in [5.74, 6) is -0.392. The Bertz CT molecular complexity index is 507. The summed E-state index contributed by atoms with van der Waals surface area (Å²) in [6, 6.07) is 4.10. The van der Waals surface area contributed by atoms with Crippen molar-refractivity contribution in [3.8, 4) is 0 Å². The summed E-state index contributed by atoms with van der Waals surface area (Å²) in [7, 11) is 0. The summed E-state index contributed by atoms with van der Waals surface area (Å²) < 4.78 is 12.8. The van der Waals surface area contributed by atoms with E-state index in [1.165, 1.54) is 30.9 Å². The lowest BCUT2D eigenvalue weighted by molar-refractivity contribution is 0.177. The van der Waals surface area contributed by atoms with Gasteiger partial charge in [-0.2, -0.15) is 0 Å². The van der Waals surface area contributed by atoms with Gasteiger partial charge >= 0.3 is 0 Å². The fraction of sp³-hybridized carbons (Fsp3) is 0.167. The molecule has 1 heterocycles. The zero-order valence-corrected chi connectivity index (χ0v) is 9.60. The van der Waals surface area contributed by atoms with Crippen molar-refractivity contribution in [3.63, 3.8) is 0 Å². The molecule has 0 aliphatic rings. The van der Waals surface area contributed by atoms with Gasteiger partial charge in [-0.25, -0.2) is 14.4 Å². The van der Waals surface area contributed by atoms with Crippen LogP contribution in [-0.4, -0.2) is 15.1 Å². The van der Waals surface area contributed by atoms with Gasteiger partial charge in [0.15, 0.2) is 0 Å². The Hall–Kier alpha value is -1.52. The lowest BCUT2D eigenvalue weighted by Crippen LogP contribution is -2.03. The molecule has 1 aromatic heterocycles. The van der Waals surface area contributed by atoms with Crippen molar-refractivity contribution in [1.29, 1.82) is 0 Å². The van der Waals surface area contributed by atoms with Crippen molar-refractivity contribution in [2.45, 2.75) is 12.5 Å². The zero-order valence-electron chi connectivity index (χ0n) is 8.85. The smallest absolute Gasteiger partial charge is 0.124 e. The Balaban J connectivity index is 2.16. The quantitative estimate of drug-likeness (QED) is 0.913. The topological polar surface area (TPSA) is 46.0 Å². The molecule has 17 heavy (non-hydrogen) atoms. The Morgan fingerprint density at radius 3 is 2.65 bits per heavy atom. The first-order valence-electron chi connectivity index (χ1n) is 5.03. The number of aliphatic hydroxyl groups is 1. The van der Waals surface area contributed by atoms with Crippen molar-refractivity contribution in [2.24, 2.45) is 0 Å². The van der Waals surface area contributed by atoms with Crippen LogP contribution in [0.4, 0.5) is 4.39 Å². The minimum absolute atomic E-state index is 0.298. The van der Waals surface area contributed by atoms with Gasteiger partial charge in [0.05, 0.1) is 6.10 Å². The molecule has 0 fully saturated rings. The van der Waals surface area contributed by atoms with Crippen molar-refractivity contribution >= 4 is 11.6 Å². The highest BCUT2D eigenvalue weighted by Gasteiger charge is 2.11. The Kier molecular flexibility index (Phi) is 3.66. The van der Waals surface area contributed by atoms with E-state index in [0.29, 0.717) is 22.6 Å². The van der Waals surface area contributed by atoms with Gasteiger partial charge in [-0.15, -0.1) is 0 Å².